The van der Waals surface area contributed by atoms with Gasteiger partial charge in [0.15, 0.2) is 0 Å². The predicted octanol–water partition coefficient (Wildman–Crippen LogP) is 8.56. The number of aryl methyl sites for hydroxylation is 1. The SMILES string of the molecule is C=C1/C(=C\C=C2/CCCC3(C)C(C/C=C/C(OC(=O)C(C)(C)C)C4(c5ncc(CCCC)s5)CC4)CCC23)CC(O)CC1O. The molecule has 2 N–H and O–H groups in total. The van der Waals surface area contributed by atoms with Crippen molar-refractivity contribution in [2.75, 3.05) is 0 Å². The number of nitrogens with zero attached hydrogens (tertiary/aromatic N) is 1. The lowest BCUT2D eigenvalue weighted by molar-refractivity contribution is -0.157. The van der Waals surface area contributed by atoms with E-state index in [0.29, 0.717) is 24.7 Å². The first-order chi connectivity index (χ1) is 20.9. The molecule has 4 aliphatic rings. The molecule has 0 amide bonds. The average molecular weight is 622 g/mol. The van der Waals surface area contributed by atoms with Crippen molar-refractivity contribution in [3.63, 3.8) is 0 Å². The third kappa shape index (κ3) is 7.03. The highest BCUT2D eigenvalue weighted by atomic mass is 32.1. The number of ether oxygens (including phenoxy) is 1. The van der Waals surface area contributed by atoms with Crippen LogP contribution in [-0.2, 0) is 21.4 Å². The van der Waals surface area contributed by atoms with E-state index < -0.39 is 17.6 Å². The van der Waals surface area contributed by atoms with Crippen molar-refractivity contribution in [1.82, 2.24) is 4.98 Å². The Morgan fingerprint density at radius 3 is 2.70 bits per heavy atom. The zero-order valence-corrected chi connectivity index (χ0v) is 28.6. The van der Waals surface area contributed by atoms with Gasteiger partial charge in [0.05, 0.1) is 23.0 Å². The van der Waals surface area contributed by atoms with Crippen molar-refractivity contribution < 1.29 is 19.7 Å². The second-order valence-electron chi connectivity index (χ2n) is 15.4. The maximum atomic E-state index is 13.1. The number of fused-ring (bicyclic) bond motifs is 1. The number of thiazole rings is 1. The zero-order chi connectivity index (χ0) is 31.7. The van der Waals surface area contributed by atoms with Crippen LogP contribution in [0.3, 0.4) is 0 Å². The normalized spacial score (nSPS) is 32.8. The molecule has 5 nitrogen and oxygen atoms in total. The van der Waals surface area contributed by atoms with Crippen LogP contribution >= 0.6 is 11.3 Å². The topological polar surface area (TPSA) is 79.7 Å². The molecule has 6 unspecified atom stereocenters. The number of aromatic nitrogens is 1. The van der Waals surface area contributed by atoms with Crippen LogP contribution in [-0.4, -0.2) is 39.5 Å². The summed E-state index contributed by atoms with van der Waals surface area (Å²) < 4.78 is 6.30. The molecular formula is C38H55NO4S. The molecule has 4 fully saturated rings. The van der Waals surface area contributed by atoms with Crippen LogP contribution < -0.4 is 0 Å². The highest BCUT2D eigenvalue weighted by Crippen LogP contribution is 2.59. The van der Waals surface area contributed by atoms with Crippen molar-refractivity contribution in [1.29, 1.82) is 0 Å². The number of aliphatic hydroxyl groups excluding tert-OH is 2. The van der Waals surface area contributed by atoms with E-state index in [1.807, 2.05) is 38.3 Å². The van der Waals surface area contributed by atoms with Crippen LogP contribution in [0, 0.1) is 22.7 Å². The van der Waals surface area contributed by atoms with E-state index in [1.54, 1.807) is 0 Å². The minimum Gasteiger partial charge on any atom is -0.457 e. The second kappa shape index (κ2) is 13.4. The van der Waals surface area contributed by atoms with E-state index in [-0.39, 0.29) is 22.9 Å². The fourth-order valence-electron chi connectivity index (χ4n) is 7.95. The Labute approximate surface area is 269 Å². The van der Waals surface area contributed by atoms with Gasteiger partial charge in [0.25, 0.3) is 0 Å². The molecule has 4 saturated carbocycles. The Bertz CT molecular complexity index is 1290. The standard InChI is InChI=1S/C38H55NO4S/c1-7-8-13-30-24-39-34(44-30)38(20-21-38)33(43-35(42)36(3,4)5)14-9-12-28-17-18-31-26(11-10-19-37(28,31)6)15-16-27-22-29(40)23-32(41)25(27)2/h9,14-16,24,28-29,31-33,40-41H,2,7-8,10-13,17-23H2,1,3-6H3/b14-9+,26-15+,27-16-. The Morgan fingerprint density at radius 1 is 1.23 bits per heavy atom. The molecule has 6 heteroatoms. The summed E-state index contributed by atoms with van der Waals surface area (Å²) >= 11 is 1.81. The zero-order valence-electron chi connectivity index (χ0n) is 27.7. The van der Waals surface area contributed by atoms with Crippen molar-refractivity contribution in [2.45, 2.75) is 142 Å². The number of aliphatic hydroxyl groups is 2. The van der Waals surface area contributed by atoms with Crippen LogP contribution in [0.25, 0.3) is 0 Å². The Balaban J connectivity index is 1.31. The molecule has 4 aliphatic carbocycles. The Hall–Kier alpha value is -2.02. The summed E-state index contributed by atoms with van der Waals surface area (Å²) in [7, 11) is 0. The third-order valence-electron chi connectivity index (χ3n) is 11.1. The van der Waals surface area contributed by atoms with Crippen LogP contribution in [0.5, 0.6) is 0 Å². The first-order valence-electron chi connectivity index (χ1n) is 17.1. The number of carbonyl (C=O) groups is 1. The molecule has 1 aromatic rings. The molecule has 0 aromatic carbocycles. The van der Waals surface area contributed by atoms with E-state index in [1.165, 1.54) is 49.0 Å². The van der Waals surface area contributed by atoms with Gasteiger partial charge in [-0.3, -0.25) is 4.79 Å². The molecule has 242 valence electrons. The van der Waals surface area contributed by atoms with Crippen LogP contribution in [0.2, 0.25) is 0 Å². The van der Waals surface area contributed by atoms with Gasteiger partial charge in [-0.25, -0.2) is 4.98 Å². The fourth-order valence-corrected chi connectivity index (χ4v) is 9.18. The fraction of sp³-hybridized carbons (Fsp3) is 0.684. The first kappa shape index (κ1) is 33.3. The molecule has 1 aromatic heterocycles. The highest BCUT2D eigenvalue weighted by molar-refractivity contribution is 7.11. The smallest absolute Gasteiger partial charge is 0.311 e. The highest BCUT2D eigenvalue weighted by Gasteiger charge is 2.55. The van der Waals surface area contributed by atoms with Gasteiger partial charge >= 0.3 is 5.97 Å². The second-order valence-corrected chi connectivity index (χ2v) is 16.5. The number of carbonyl (C=O) groups excluding carboxylic acids is 1. The molecule has 44 heavy (non-hydrogen) atoms. The molecule has 0 saturated heterocycles. The minimum absolute atomic E-state index is 0.147. The number of unbranched alkanes of at least 4 members (excludes halogenated alkanes) is 1. The minimum atomic E-state index is -0.650. The lowest BCUT2D eigenvalue weighted by Gasteiger charge is -2.42. The largest absolute Gasteiger partial charge is 0.457 e. The van der Waals surface area contributed by atoms with Crippen LogP contribution in [0.15, 0.2) is 53.8 Å². The van der Waals surface area contributed by atoms with Gasteiger partial charge < -0.3 is 14.9 Å². The molecular weight excluding hydrogens is 566 g/mol. The number of rotatable bonds is 10. The van der Waals surface area contributed by atoms with Gasteiger partial charge in [0.2, 0.25) is 0 Å². The van der Waals surface area contributed by atoms with Gasteiger partial charge in [-0.15, -0.1) is 11.3 Å². The number of hydrogen-bond acceptors (Lipinski definition) is 6. The van der Waals surface area contributed by atoms with E-state index in [2.05, 4.69) is 44.7 Å². The lowest BCUT2D eigenvalue weighted by Crippen LogP contribution is -2.35. The van der Waals surface area contributed by atoms with Crippen molar-refractivity contribution >= 4 is 17.3 Å². The van der Waals surface area contributed by atoms with Gasteiger partial charge in [0, 0.05) is 17.5 Å². The monoisotopic (exact) mass is 621 g/mol. The average Bonchev–Trinajstić information content (AvgIpc) is 3.50. The number of allylic oxidation sites excluding steroid dienone is 4. The Kier molecular flexibility index (Phi) is 10.1. The third-order valence-corrected chi connectivity index (χ3v) is 12.4. The molecule has 0 bridgehead atoms. The lowest BCUT2D eigenvalue weighted by atomic mass is 9.63. The van der Waals surface area contributed by atoms with E-state index in [4.69, 9.17) is 9.72 Å². The Morgan fingerprint density at radius 2 is 2.00 bits per heavy atom. The van der Waals surface area contributed by atoms with Crippen LogP contribution in [0.1, 0.15) is 122 Å². The van der Waals surface area contributed by atoms with E-state index in [0.717, 1.165) is 48.3 Å². The van der Waals surface area contributed by atoms with Gasteiger partial charge in [0.1, 0.15) is 11.1 Å². The quantitative estimate of drug-likeness (QED) is 0.202. The summed E-state index contributed by atoms with van der Waals surface area (Å²) in [4.78, 5) is 19.3. The van der Waals surface area contributed by atoms with Gasteiger partial charge in [-0.1, -0.05) is 50.6 Å². The van der Waals surface area contributed by atoms with Crippen LogP contribution in [0.4, 0.5) is 0 Å². The van der Waals surface area contributed by atoms with Crippen molar-refractivity contribution in [3.05, 3.63) is 63.7 Å². The van der Waals surface area contributed by atoms with E-state index in [9.17, 15) is 15.0 Å². The molecule has 5 rings (SSSR count). The molecule has 0 aliphatic heterocycles. The predicted molar refractivity (Wildman–Crippen MR) is 179 cm³/mol. The molecule has 0 spiro atoms. The number of hydrogen-bond donors (Lipinski definition) is 2. The summed E-state index contributed by atoms with van der Waals surface area (Å²) in [5, 5.41) is 21.6. The summed E-state index contributed by atoms with van der Waals surface area (Å²) in [5.41, 5.74) is 2.75. The maximum absolute atomic E-state index is 13.1. The van der Waals surface area contributed by atoms with Crippen molar-refractivity contribution in [3.8, 4) is 0 Å². The van der Waals surface area contributed by atoms with E-state index >= 15 is 0 Å². The van der Waals surface area contributed by atoms with Gasteiger partial charge in [-0.05, 0) is 126 Å². The van der Waals surface area contributed by atoms with Gasteiger partial charge in [-0.2, -0.15) is 0 Å². The first-order valence-corrected chi connectivity index (χ1v) is 18.0. The molecule has 0 radical (unpaired) electrons. The number of esters is 1. The molecule has 1 heterocycles. The summed E-state index contributed by atoms with van der Waals surface area (Å²) in [5.74, 6) is 0.994. The summed E-state index contributed by atoms with van der Waals surface area (Å²) in [6.45, 7) is 14.6. The summed E-state index contributed by atoms with van der Waals surface area (Å²) in [6, 6.07) is 0. The summed E-state index contributed by atoms with van der Waals surface area (Å²) in [6.07, 6.45) is 22.9. The maximum Gasteiger partial charge on any atom is 0.311 e. The van der Waals surface area contributed by atoms with Crippen molar-refractivity contribution in [2.24, 2.45) is 22.7 Å². The molecule has 6 atom stereocenters.